The molecule has 0 saturated heterocycles. The molecule has 2 heterocycles. The van der Waals surface area contributed by atoms with Crippen molar-refractivity contribution in [3.63, 3.8) is 0 Å². The molecule has 0 spiro atoms. The van der Waals surface area contributed by atoms with E-state index >= 15 is 0 Å². The highest BCUT2D eigenvalue weighted by Gasteiger charge is 2.22. The number of thiazole rings is 1. The Morgan fingerprint density at radius 1 is 1.17 bits per heavy atom. The molecule has 0 aliphatic carbocycles. The Morgan fingerprint density at radius 2 is 1.83 bits per heavy atom. The van der Waals surface area contributed by atoms with Gasteiger partial charge >= 0.3 is 0 Å². The maximum absolute atomic E-state index is 13.2. The fourth-order valence-corrected chi connectivity index (χ4v) is 3.64. The molecule has 1 N–H and O–H groups in total. The van der Waals surface area contributed by atoms with Crippen LogP contribution in [0.5, 0.6) is 0 Å². The third kappa shape index (κ3) is 4.43. The smallest absolute Gasteiger partial charge is 0.267 e. The lowest BCUT2D eigenvalue weighted by molar-refractivity contribution is -0.119. The predicted molar refractivity (Wildman–Crippen MR) is 112 cm³/mol. The van der Waals surface area contributed by atoms with E-state index in [9.17, 15) is 18.8 Å². The third-order valence-electron chi connectivity index (χ3n) is 4.34. The number of nitrogens with zero attached hydrogens (tertiary/aromatic N) is 4. The topological polar surface area (TPSA) is 97.2 Å². The van der Waals surface area contributed by atoms with Gasteiger partial charge in [0.2, 0.25) is 0 Å². The van der Waals surface area contributed by atoms with Gasteiger partial charge in [0.1, 0.15) is 16.7 Å². The van der Waals surface area contributed by atoms with Crippen LogP contribution < -0.4 is 10.9 Å². The average Bonchev–Trinajstić information content (AvgIpc) is 3.07. The summed E-state index contributed by atoms with van der Waals surface area (Å²) < 4.78 is 14.2. The van der Waals surface area contributed by atoms with Crippen LogP contribution in [0.1, 0.15) is 28.3 Å². The molecular weight excluding hydrogens is 409 g/mol. The van der Waals surface area contributed by atoms with E-state index in [4.69, 9.17) is 0 Å². The van der Waals surface area contributed by atoms with Crippen molar-refractivity contribution < 1.29 is 14.0 Å². The number of hydrogen-bond donors (Lipinski definition) is 1. The van der Waals surface area contributed by atoms with Crippen LogP contribution in [-0.4, -0.2) is 45.6 Å². The quantitative estimate of drug-likeness (QED) is 0.673. The molecule has 1 atom stereocenters. The van der Waals surface area contributed by atoms with E-state index in [1.807, 2.05) is 0 Å². The summed E-state index contributed by atoms with van der Waals surface area (Å²) in [4.78, 5) is 43.2. The van der Waals surface area contributed by atoms with E-state index in [1.165, 1.54) is 36.1 Å². The van der Waals surface area contributed by atoms with E-state index in [2.05, 4.69) is 15.4 Å². The number of rotatable bonds is 5. The maximum atomic E-state index is 13.2. The van der Waals surface area contributed by atoms with E-state index in [0.717, 1.165) is 16.0 Å². The number of amides is 2. The minimum absolute atomic E-state index is 0.205. The first-order chi connectivity index (χ1) is 14.2. The molecular formula is C20H20FN5O3S. The zero-order chi connectivity index (χ0) is 22.0. The van der Waals surface area contributed by atoms with Gasteiger partial charge in [-0.05, 0) is 44.2 Å². The number of hydrogen-bond acceptors (Lipinski definition) is 6. The lowest BCUT2D eigenvalue weighted by Crippen LogP contribution is -2.33. The third-order valence-corrected chi connectivity index (χ3v) is 5.40. The van der Waals surface area contributed by atoms with Crippen LogP contribution in [-0.2, 0) is 4.79 Å². The molecule has 0 bridgehead atoms. The minimum atomic E-state index is -0.935. The minimum Gasteiger partial charge on any atom is -0.344 e. The fraction of sp³-hybridized carbons (Fsp3) is 0.250. The molecule has 0 aliphatic heterocycles. The summed E-state index contributed by atoms with van der Waals surface area (Å²) in [5.74, 6) is -1.09. The van der Waals surface area contributed by atoms with Crippen LogP contribution in [0.2, 0.25) is 0 Å². The Bertz CT molecular complexity index is 1150. The van der Waals surface area contributed by atoms with Crippen LogP contribution in [0.25, 0.3) is 11.3 Å². The van der Waals surface area contributed by atoms with Gasteiger partial charge in [-0.3, -0.25) is 14.4 Å². The van der Waals surface area contributed by atoms with Crippen molar-refractivity contribution in [1.82, 2.24) is 19.7 Å². The normalized spacial score (nSPS) is 11.8. The number of anilines is 1. The first-order valence-electron chi connectivity index (χ1n) is 9.03. The number of halogens is 1. The molecule has 0 aliphatic rings. The van der Waals surface area contributed by atoms with E-state index in [-0.39, 0.29) is 16.9 Å². The second-order valence-corrected chi connectivity index (χ2v) is 7.81. The molecule has 156 valence electrons. The van der Waals surface area contributed by atoms with Gasteiger partial charge in [0.25, 0.3) is 17.4 Å². The Morgan fingerprint density at radius 3 is 2.47 bits per heavy atom. The number of aryl methyl sites for hydroxylation is 1. The predicted octanol–water partition coefficient (Wildman–Crippen LogP) is 2.72. The summed E-state index contributed by atoms with van der Waals surface area (Å²) in [6.07, 6.45) is 0. The number of carbonyl (C=O) groups is 2. The Kier molecular flexibility index (Phi) is 6.06. The molecule has 0 saturated carbocycles. The molecule has 0 radical (unpaired) electrons. The van der Waals surface area contributed by atoms with E-state index in [1.54, 1.807) is 33.2 Å². The molecule has 8 nitrogen and oxygen atoms in total. The lowest BCUT2D eigenvalue weighted by Gasteiger charge is -2.14. The fourth-order valence-electron chi connectivity index (χ4n) is 2.65. The van der Waals surface area contributed by atoms with Crippen LogP contribution in [0.15, 0.2) is 41.2 Å². The number of nitrogens with one attached hydrogen (secondary N) is 1. The first-order valence-corrected chi connectivity index (χ1v) is 9.84. The van der Waals surface area contributed by atoms with Crippen LogP contribution >= 0.6 is 11.3 Å². The first kappa shape index (κ1) is 21.3. The summed E-state index contributed by atoms with van der Waals surface area (Å²) in [5.41, 5.74) is 1.09. The van der Waals surface area contributed by atoms with Crippen molar-refractivity contribution in [2.75, 3.05) is 19.4 Å². The highest BCUT2D eigenvalue weighted by molar-refractivity contribution is 7.17. The van der Waals surface area contributed by atoms with Gasteiger partial charge in [0.15, 0.2) is 5.13 Å². The molecule has 2 amide bonds. The highest BCUT2D eigenvalue weighted by atomic mass is 32.1. The number of benzene rings is 1. The van der Waals surface area contributed by atoms with Crippen molar-refractivity contribution in [3.05, 3.63) is 63.1 Å². The summed E-state index contributed by atoms with van der Waals surface area (Å²) in [6, 6.07) is 7.55. The number of carbonyl (C=O) groups excluding carboxylic acids is 2. The van der Waals surface area contributed by atoms with Gasteiger partial charge in [0.05, 0.1) is 11.4 Å². The Balaban J connectivity index is 1.83. The highest BCUT2D eigenvalue weighted by Crippen LogP contribution is 2.24. The molecule has 1 aromatic carbocycles. The molecule has 30 heavy (non-hydrogen) atoms. The van der Waals surface area contributed by atoms with Crippen LogP contribution in [0, 0.1) is 12.7 Å². The van der Waals surface area contributed by atoms with E-state index < -0.39 is 17.5 Å². The van der Waals surface area contributed by atoms with Crippen molar-refractivity contribution in [3.8, 4) is 11.3 Å². The SMILES string of the molecule is Cc1nc(NC(=O)[C@@H](C)n2nc(-c3ccc(F)cc3)ccc2=O)sc1C(=O)N(C)C. The van der Waals surface area contributed by atoms with Crippen molar-refractivity contribution in [2.24, 2.45) is 0 Å². The zero-order valence-corrected chi connectivity index (χ0v) is 17.7. The Hall–Kier alpha value is -3.40. The van der Waals surface area contributed by atoms with Gasteiger partial charge < -0.3 is 10.2 Å². The molecule has 10 heteroatoms. The summed E-state index contributed by atoms with van der Waals surface area (Å²) in [5, 5.41) is 7.15. The number of aromatic nitrogens is 3. The van der Waals surface area contributed by atoms with Crippen molar-refractivity contribution in [2.45, 2.75) is 19.9 Å². The van der Waals surface area contributed by atoms with Crippen molar-refractivity contribution >= 4 is 28.3 Å². The maximum Gasteiger partial charge on any atom is 0.267 e. The van der Waals surface area contributed by atoms with Crippen molar-refractivity contribution in [1.29, 1.82) is 0 Å². The molecule has 0 unspecified atom stereocenters. The summed E-state index contributed by atoms with van der Waals surface area (Å²) in [6.45, 7) is 3.22. The largest absolute Gasteiger partial charge is 0.344 e. The second-order valence-electron chi connectivity index (χ2n) is 6.81. The van der Waals surface area contributed by atoms with Gasteiger partial charge in [-0.1, -0.05) is 11.3 Å². The Labute approximate surface area is 176 Å². The van der Waals surface area contributed by atoms with Crippen LogP contribution in [0.3, 0.4) is 0 Å². The molecule has 3 aromatic rings. The van der Waals surface area contributed by atoms with E-state index in [0.29, 0.717) is 21.8 Å². The second kappa shape index (κ2) is 8.54. The molecule has 0 fully saturated rings. The van der Waals surface area contributed by atoms with Gasteiger partial charge in [-0.25, -0.2) is 14.1 Å². The average molecular weight is 429 g/mol. The zero-order valence-electron chi connectivity index (χ0n) is 16.8. The standard InChI is InChI=1S/C20H20FN5O3S/c1-11-17(19(29)25(3)4)30-20(22-11)23-18(28)12(2)26-16(27)10-9-15(24-26)13-5-7-14(21)8-6-13/h5-10,12H,1-4H3,(H,22,23,28)/t12-/m1/s1. The van der Waals surface area contributed by atoms with Gasteiger partial charge in [-0.2, -0.15) is 5.10 Å². The monoisotopic (exact) mass is 429 g/mol. The summed E-state index contributed by atoms with van der Waals surface area (Å²) >= 11 is 1.06. The summed E-state index contributed by atoms with van der Waals surface area (Å²) in [7, 11) is 3.27. The molecule has 2 aromatic heterocycles. The lowest BCUT2D eigenvalue weighted by atomic mass is 10.1. The van der Waals surface area contributed by atoms with Crippen LogP contribution in [0.4, 0.5) is 9.52 Å². The molecule has 3 rings (SSSR count). The van der Waals surface area contributed by atoms with Gasteiger partial charge in [-0.15, -0.1) is 0 Å². The van der Waals surface area contributed by atoms with Gasteiger partial charge in [0, 0.05) is 25.7 Å².